The molecular weight excluding hydrogens is 398 g/mol. The van der Waals surface area contributed by atoms with E-state index in [1.54, 1.807) is 42.3 Å². The number of hydrogen-bond acceptors (Lipinski definition) is 7. The number of carbonyl (C=O) groups is 1. The van der Waals surface area contributed by atoms with Crippen LogP contribution in [0.1, 0.15) is 27.8 Å². The molecule has 1 amide bonds. The van der Waals surface area contributed by atoms with Crippen molar-refractivity contribution in [3.8, 4) is 17.2 Å². The first-order chi connectivity index (χ1) is 15.1. The Labute approximate surface area is 178 Å². The number of para-hydroxylation sites is 1. The number of aromatic nitrogens is 4. The average molecular weight is 419 g/mol. The fraction of sp³-hybridized carbons (Fsp3) is 0.182. The third-order valence-corrected chi connectivity index (χ3v) is 4.59. The molecule has 2 aromatic heterocycles. The zero-order valence-corrected chi connectivity index (χ0v) is 17.1. The van der Waals surface area contributed by atoms with Crippen molar-refractivity contribution in [3.05, 3.63) is 83.8 Å². The average Bonchev–Trinajstić information content (AvgIpc) is 3.43. The van der Waals surface area contributed by atoms with E-state index in [0.29, 0.717) is 17.1 Å². The van der Waals surface area contributed by atoms with Gasteiger partial charge in [0.05, 0.1) is 36.8 Å². The summed E-state index contributed by atoms with van der Waals surface area (Å²) >= 11 is 0. The van der Waals surface area contributed by atoms with Gasteiger partial charge in [-0.15, -0.1) is 0 Å². The van der Waals surface area contributed by atoms with Crippen LogP contribution in [0.15, 0.2) is 65.3 Å². The maximum absolute atomic E-state index is 12.6. The molecule has 0 bridgehead atoms. The lowest BCUT2D eigenvalue weighted by molar-refractivity contribution is 0.0945. The molecule has 0 saturated carbocycles. The minimum absolute atomic E-state index is 0.102. The zero-order valence-electron chi connectivity index (χ0n) is 17.1. The van der Waals surface area contributed by atoms with Gasteiger partial charge in [-0.3, -0.25) is 4.79 Å². The predicted molar refractivity (Wildman–Crippen MR) is 111 cm³/mol. The topological polar surface area (TPSA) is 104 Å². The second-order valence-electron chi connectivity index (χ2n) is 6.64. The fourth-order valence-corrected chi connectivity index (χ4v) is 2.95. The molecular formula is C22H21N5O4. The molecule has 0 unspecified atom stereocenters. The number of rotatable bonds is 8. The minimum Gasteiger partial charge on any atom is -0.497 e. The molecule has 4 rings (SSSR count). The summed E-state index contributed by atoms with van der Waals surface area (Å²) in [6, 6.07) is 16.8. The molecule has 0 spiro atoms. The highest BCUT2D eigenvalue weighted by Gasteiger charge is 2.16. The lowest BCUT2D eigenvalue weighted by atomic mass is 10.2. The van der Waals surface area contributed by atoms with E-state index in [1.165, 1.54) is 0 Å². The molecule has 0 aliphatic carbocycles. The van der Waals surface area contributed by atoms with Crippen LogP contribution in [0.3, 0.4) is 0 Å². The van der Waals surface area contributed by atoms with Crippen LogP contribution in [0.5, 0.6) is 11.5 Å². The van der Waals surface area contributed by atoms with Crippen molar-refractivity contribution in [3.63, 3.8) is 0 Å². The summed E-state index contributed by atoms with van der Waals surface area (Å²) < 4.78 is 17.6. The van der Waals surface area contributed by atoms with Crippen molar-refractivity contribution in [1.29, 1.82) is 0 Å². The van der Waals surface area contributed by atoms with Crippen LogP contribution in [0.4, 0.5) is 0 Å². The van der Waals surface area contributed by atoms with Crippen molar-refractivity contribution >= 4 is 5.91 Å². The monoisotopic (exact) mass is 419 g/mol. The molecule has 158 valence electrons. The van der Waals surface area contributed by atoms with E-state index in [-0.39, 0.29) is 24.9 Å². The van der Waals surface area contributed by atoms with E-state index in [1.807, 2.05) is 37.3 Å². The standard InChI is InChI=1S/C22H21N5O4/c1-15-19(12-24-27(15)16-6-4-3-5-7-16)22(28)23-13-21-25-20(26-31-21)14-30-18-10-8-17(29-2)9-11-18/h3-12H,13-14H2,1-2H3,(H,23,28). The van der Waals surface area contributed by atoms with Crippen LogP contribution >= 0.6 is 0 Å². The smallest absolute Gasteiger partial charge is 0.255 e. The quantitative estimate of drug-likeness (QED) is 0.468. The highest BCUT2D eigenvalue weighted by molar-refractivity contribution is 5.95. The molecule has 0 aliphatic rings. The van der Waals surface area contributed by atoms with Gasteiger partial charge in [0.25, 0.3) is 5.91 Å². The summed E-state index contributed by atoms with van der Waals surface area (Å²) in [4.78, 5) is 16.8. The Bertz CT molecular complexity index is 1150. The number of ether oxygens (including phenoxy) is 2. The van der Waals surface area contributed by atoms with Crippen LogP contribution in [-0.4, -0.2) is 32.9 Å². The summed E-state index contributed by atoms with van der Waals surface area (Å²) in [6.45, 7) is 2.09. The zero-order chi connectivity index (χ0) is 21.6. The first kappa shape index (κ1) is 20.1. The first-order valence-electron chi connectivity index (χ1n) is 9.60. The van der Waals surface area contributed by atoms with E-state index in [2.05, 4.69) is 20.6 Å². The van der Waals surface area contributed by atoms with E-state index >= 15 is 0 Å². The highest BCUT2D eigenvalue weighted by Crippen LogP contribution is 2.18. The van der Waals surface area contributed by atoms with Crippen LogP contribution in [0, 0.1) is 6.92 Å². The van der Waals surface area contributed by atoms with Gasteiger partial charge in [-0.05, 0) is 43.3 Å². The highest BCUT2D eigenvalue weighted by atomic mass is 16.5. The van der Waals surface area contributed by atoms with Gasteiger partial charge in [0.2, 0.25) is 11.7 Å². The van der Waals surface area contributed by atoms with Crippen molar-refractivity contribution < 1.29 is 18.8 Å². The minimum atomic E-state index is -0.270. The summed E-state index contributed by atoms with van der Waals surface area (Å²) in [5.74, 6) is 1.80. The molecule has 9 nitrogen and oxygen atoms in total. The molecule has 0 saturated heterocycles. The van der Waals surface area contributed by atoms with Crippen molar-refractivity contribution in [2.24, 2.45) is 0 Å². The molecule has 0 aliphatic heterocycles. The second kappa shape index (κ2) is 9.12. The van der Waals surface area contributed by atoms with Gasteiger partial charge in [0.15, 0.2) is 6.61 Å². The Morgan fingerprint density at radius 1 is 1.10 bits per heavy atom. The van der Waals surface area contributed by atoms with Crippen LogP contribution in [0.2, 0.25) is 0 Å². The number of benzene rings is 2. The van der Waals surface area contributed by atoms with Gasteiger partial charge in [0, 0.05) is 0 Å². The SMILES string of the molecule is COc1ccc(OCc2noc(CNC(=O)c3cnn(-c4ccccc4)c3C)n2)cc1. The Kier molecular flexibility index (Phi) is 5.93. The Hall–Kier alpha value is -4.14. The normalized spacial score (nSPS) is 10.6. The number of carbonyl (C=O) groups excluding carboxylic acids is 1. The van der Waals surface area contributed by atoms with Gasteiger partial charge < -0.3 is 19.3 Å². The number of hydrogen-bond donors (Lipinski definition) is 1. The molecule has 2 heterocycles. The van der Waals surface area contributed by atoms with Gasteiger partial charge in [0.1, 0.15) is 11.5 Å². The molecule has 9 heteroatoms. The molecule has 2 aromatic carbocycles. The second-order valence-corrected chi connectivity index (χ2v) is 6.64. The Morgan fingerprint density at radius 2 is 1.84 bits per heavy atom. The molecule has 31 heavy (non-hydrogen) atoms. The first-order valence-corrected chi connectivity index (χ1v) is 9.60. The largest absolute Gasteiger partial charge is 0.497 e. The van der Waals surface area contributed by atoms with E-state index in [4.69, 9.17) is 14.0 Å². The van der Waals surface area contributed by atoms with Gasteiger partial charge in [-0.2, -0.15) is 10.1 Å². The summed E-state index contributed by atoms with van der Waals surface area (Å²) in [6.07, 6.45) is 1.54. The number of nitrogens with zero attached hydrogens (tertiary/aromatic N) is 4. The van der Waals surface area contributed by atoms with Crippen molar-refractivity contribution in [2.75, 3.05) is 7.11 Å². The fourth-order valence-electron chi connectivity index (χ4n) is 2.95. The van der Waals surface area contributed by atoms with Gasteiger partial charge in [-0.1, -0.05) is 23.4 Å². The van der Waals surface area contributed by atoms with Crippen molar-refractivity contribution in [2.45, 2.75) is 20.1 Å². The van der Waals surface area contributed by atoms with E-state index in [0.717, 1.165) is 17.1 Å². The Balaban J connectivity index is 1.32. The number of nitrogens with one attached hydrogen (secondary N) is 1. The van der Waals surface area contributed by atoms with E-state index in [9.17, 15) is 4.79 Å². The molecule has 0 atom stereocenters. The molecule has 0 fully saturated rings. The third-order valence-electron chi connectivity index (χ3n) is 4.59. The predicted octanol–water partition coefficient (Wildman–Crippen LogP) is 3.08. The lowest BCUT2D eigenvalue weighted by Gasteiger charge is -2.05. The maximum atomic E-state index is 12.6. The van der Waals surface area contributed by atoms with Crippen LogP contribution in [0.25, 0.3) is 5.69 Å². The summed E-state index contributed by atoms with van der Waals surface area (Å²) in [7, 11) is 1.60. The Morgan fingerprint density at radius 3 is 2.58 bits per heavy atom. The van der Waals surface area contributed by atoms with Crippen LogP contribution in [-0.2, 0) is 13.2 Å². The number of amides is 1. The van der Waals surface area contributed by atoms with Gasteiger partial charge in [-0.25, -0.2) is 4.68 Å². The lowest BCUT2D eigenvalue weighted by Crippen LogP contribution is -2.23. The summed E-state index contributed by atoms with van der Waals surface area (Å²) in [5, 5.41) is 11.0. The van der Waals surface area contributed by atoms with Gasteiger partial charge >= 0.3 is 0 Å². The molecule has 0 radical (unpaired) electrons. The number of methoxy groups -OCH3 is 1. The van der Waals surface area contributed by atoms with E-state index < -0.39 is 0 Å². The third kappa shape index (κ3) is 4.72. The van der Waals surface area contributed by atoms with Crippen LogP contribution < -0.4 is 14.8 Å². The molecule has 4 aromatic rings. The molecule has 1 N–H and O–H groups in total. The van der Waals surface area contributed by atoms with Crippen molar-refractivity contribution in [1.82, 2.24) is 25.2 Å². The summed E-state index contributed by atoms with van der Waals surface area (Å²) in [5.41, 5.74) is 2.10. The maximum Gasteiger partial charge on any atom is 0.255 e.